The summed E-state index contributed by atoms with van der Waals surface area (Å²) in [4.78, 5) is 27.5. The quantitative estimate of drug-likeness (QED) is 0.370. The smallest absolute Gasteiger partial charge is 0.266 e. The normalized spacial score (nSPS) is 17.3. The van der Waals surface area contributed by atoms with E-state index in [1.54, 1.807) is 0 Å². The first-order valence-corrected chi connectivity index (χ1v) is 12.6. The predicted molar refractivity (Wildman–Crippen MR) is 124 cm³/mol. The van der Waals surface area contributed by atoms with Crippen LogP contribution in [0.1, 0.15) is 43.5 Å². The van der Waals surface area contributed by atoms with Crippen LogP contribution in [-0.4, -0.2) is 60.7 Å². The number of hydrogen-bond acceptors (Lipinski definition) is 5. The summed E-state index contributed by atoms with van der Waals surface area (Å²) in [5.74, 6) is -1.16. The van der Waals surface area contributed by atoms with Gasteiger partial charge in [-0.3, -0.25) is 14.1 Å². The highest BCUT2D eigenvalue weighted by molar-refractivity contribution is 7.85. The summed E-state index contributed by atoms with van der Waals surface area (Å²) in [6, 6.07) is 1.29. The maximum absolute atomic E-state index is 13.2. The molecule has 0 saturated carbocycles. The molecule has 2 amide bonds. The van der Waals surface area contributed by atoms with E-state index in [1.807, 2.05) is 13.8 Å². The van der Waals surface area contributed by atoms with Crippen molar-refractivity contribution in [3.05, 3.63) is 40.4 Å². The second-order valence-corrected chi connectivity index (χ2v) is 10.4. The van der Waals surface area contributed by atoms with Crippen LogP contribution < -0.4 is 10.1 Å². The summed E-state index contributed by atoms with van der Waals surface area (Å²) in [6.07, 6.45) is 2.96. The van der Waals surface area contributed by atoms with Crippen molar-refractivity contribution in [2.75, 3.05) is 18.9 Å². The van der Waals surface area contributed by atoms with Crippen LogP contribution in [0, 0.1) is 5.92 Å². The van der Waals surface area contributed by atoms with Gasteiger partial charge in [0.2, 0.25) is 5.91 Å². The average Bonchev–Trinajstić information content (AvgIpc) is 3.11. The van der Waals surface area contributed by atoms with Crippen LogP contribution in [0.2, 0.25) is 10.0 Å². The molecule has 2 rings (SSSR count). The Kier molecular flexibility index (Phi) is 9.39. The molecular formula is C21H28Cl2N2O6S. The summed E-state index contributed by atoms with van der Waals surface area (Å²) in [6.45, 7) is 7.92. The largest absolute Gasteiger partial charge is 0.486 e. The molecule has 178 valence electrons. The van der Waals surface area contributed by atoms with Gasteiger partial charge in [-0.25, -0.2) is 0 Å². The van der Waals surface area contributed by atoms with Gasteiger partial charge in [-0.2, -0.15) is 8.42 Å². The van der Waals surface area contributed by atoms with Gasteiger partial charge in [0, 0.05) is 18.2 Å². The number of amides is 2. The Bertz CT molecular complexity index is 944. The molecule has 2 atom stereocenters. The second kappa shape index (κ2) is 11.4. The van der Waals surface area contributed by atoms with Gasteiger partial charge < -0.3 is 15.0 Å². The van der Waals surface area contributed by atoms with E-state index in [2.05, 4.69) is 11.9 Å². The van der Waals surface area contributed by atoms with Gasteiger partial charge in [0.25, 0.3) is 16.0 Å². The minimum absolute atomic E-state index is 0.0775. The minimum atomic E-state index is -4.24. The molecule has 1 aliphatic rings. The lowest BCUT2D eigenvalue weighted by Gasteiger charge is -2.29. The molecule has 2 N–H and O–H groups in total. The summed E-state index contributed by atoms with van der Waals surface area (Å²) >= 11 is 12.4. The first-order valence-electron chi connectivity index (χ1n) is 10.2. The van der Waals surface area contributed by atoms with E-state index >= 15 is 0 Å². The lowest BCUT2D eigenvalue weighted by Crippen LogP contribution is -2.51. The summed E-state index contributed by atoms with van der Waals surface area (Å²) in [7, 11) is -4.24. The number of halogens is 2. The standard InChI is InChI=1S/C21H28Cl2N2O6S/c1-4-8-31-19-16(22)10-14(11-17(19)23)20(26)24-18(9-13(2)3)21(27)25-7-5-6-15(25)12-32(28,29)30/h4,10-11,13,15,18H,1,5-9,12H2,2-3H3,(H,24,26)(H,28,29,30). The minimum Gasteiger partial charge on any atom is -0.486 e. The number of carbonyl (C=O) groups is 2. The first-order chi connectivity index (χ1) is 14.9. The number of nitrogens with zero attached hydrogens (tertiary/aromatic N) is 1. The lowest BCUT2D eigenvalue weighted by atomic mass is 10.0. The van der Waals surface area contributed by atoms with Crippen LogP contribution in [0.4, 0.5) is 0 Å². The molecule has 0 bridgehead atoms. The maximum Gasteiger partial charge on any atom is 0.266 e. The molecule has 1 aromatic carbocycles. The number of ether oxygens (including phenoxy) is 1. The van der Waals surface area contributed by atoms with Crippen molar-refractivity contribution < 1.29 is 27.3 Å². The molecule has 32 heavy (non-hydrogen) atoms. The van der Waals surface area contributed by atoms with E-state index in [9.17, 15) is 22.6 Å². The fourth-order valence-corrected chi connectivity index (χ4v) is 5.08. The third-order valence-corrected chi connectivity index (χ3v) is 6.35. The third-order valence-electron chi connectivity index (χ3n) is 4.98. The van der Waals surface area contributed by atoms with Gasteiger partial charge in [0.1, 0.15) is 12.6 Å². The molecule has 11 heteroatoms. The van der Waals surface area contributed by atoms with Gasteiger partial charge in [0.05, 0.1) is 15.8 Å². The SMILES string of the molecule is C=CCOc1c(Cl)cc(C(=O)NC(CC(C)C)C(=O)N2CCCC2CS(=O)(=O)O)cc1Cl. The van der Waals surface area contributed by atoms with Gasteiger partial charge in [-0.15, -0.1) is 0 Å². The van der Waals surface area contributed by atoms with Crippen LogP contribution in [0.25, 0.3) is 0 Å². The molecule has 0 aliphatic carbocycles. The van der Waals surface area contributed by atoms with Crippen LogP contribution in [0.3, 0.4) is 0 Å². The van der Waals surface area contributed by atoms with E-state index in [1.165, 1.54) is 23.1 Å². The van der Waals surface area contributed by atoms with E-state index in [0.29, 0.717) is 25.8 Å². The highest BCUT2D eigenvalue weighted by atomic mass is 35.5. The van der Waals surface area contributed by atoms with Crippen LogP contribution in [0.5, 0.6) is 5.75 Å². The Morgan fingerprint density at radius 1 is 1.34 bits per heavy atom. The summed E-state index contributed by atoms with van der Waals surface area (Å²) < 4.78 is 37.3. The Morgan fingerprint density at radius 3 is 2.50 bits per heavy atom. The summed E-state index contributed by atoms with van der Waals surface area (Å²) in [5.41, 5.74) is 0.156. The van der Waals surface area contributed by atoms with E-state index < -0.39 is 33.9 Å². The van der Waals surface area contributed by atoms with Crippen molar-refractivity contribution in [1.82, 2.24) is 10.2 Å². The fraction of sp³-hybridized carbons (Fsp3) is 0.524. The second-order valence-electron chi connectivity index (χ2n) is 8.10. The molecule has 2 unspecified atom stereocenters. The lowest BCUT2D eigenvalue weighted by molar-refractivity contribution is -0.134. The Balaban J connectivity index is 2.22. The molecule has 1 aromatic rings. The Hall–Kier alpha value is -1.81. The molecule has 0 spiro atoms. The third kappa shape index (κ3) is 7.37. The van der Waals surface area contributed by atoms with E-state index in [-0.39, 0.29) is 39.8 Å². The van der Waals surface area contributed by atoms with E-state index in [4.69, 9.17) is 27.9 Å². The van der Waals surface area contributed by atoms with Gasteiger partial charge in [-0.1, -0.05) is 49.7 Å². The molecule has 1 heterocycles. The molecule has 1 aliphatic heterocycles. The highest BCUT2D eigenvalue weighted by Crippen LogP contribution is 2.34. The molecule has 0 aromatic heterocycles. The zero-order valence-electron chi connectivity index (χ0n) is 18.0. The predicted octanol–water partition coefficient (Wildman–Crippen LogP) is 3.58. The highest BCUT2D eigenvalue weighted by Gasteiger charge is 2.36. The van der Waals surface area contributed by atoms with Crippen molar-refractivity contribution in [3.63, 3.8) is 0 Å². The Morgan fingerprint density at radius 2 is 1.97 bits per heavy atom. The number of carbonyl (C=O) groups excluding carboxylic acids is 2. The number of nitrogens with one attached hydrogen (secondary N) is 1. The molecule has 1 fully saturated rings. The summed E-state index contributed by atoms with van der Waals surface area (Å²) in [5, 5.41) is 3.01. The van der Waals surface area contributed by atoms with Gasteiger partial charge in [-0.05, 0) is 37.3 Å². The first kappa shape index (κ1) is 26.4. The van der Waals surface area contributed by atoms with E-state index in [0.717, 1.165) is 0 Å². The molecule has 1 saturated heterocycles. The van der Waals surface area contributed by atoms with Crippen LogP contribution in [0.15, 0.2) is 24.8 Å². The molecular weight excluding hydrogens is 479 g/mol. The van der Waals surface area contributed by atoms with Crippen molar-refractivity contribution in [2.45, 2.75) is 45.2 Å². The number of likely N-dealkylation sites (tertiary alicyclic amines) is 1. The van der Waals surface area contributed by atoms with Crippen molar-refractivity contribution in [3.8, 4) is 5.75 Å². The zero-order valence-corrected chi connectivity index (χ0v) is 20.3. The fourth-order valence-electron chi connectivity index (χ4n) is 3.65. The maximum atomic E-state index is 13.2. The number of hydrogen-bond donors (Lipinski definition) is 2. The number of benzene rings is 1. The van der Waals surface area contributed by atoms with Crippen LogP contribution >= 0.6 is 23.2 Å². The van der Waals surface area contributed by atoms with Crippen molar-refractivity contribution in [2.24, 2.45) is 5.92 Å². The van der Waals surface area contributed by atoms with Gasteiger partial charge in [0.15, 0.2) is 5.75 Å². The topological polar surface area (TPSA) is 113 Å². The number of rotatable bonds is 10. The zero-order chi connectivity index (χ0) is 24.1. The Labute approximate surface area is 198 Å². The van der Waals surface area contributed by atoms with Gasteiger partial charge >= 0.3 is 0 Å². The molecule has 8 nitrogen and oxygen atoms in total. The average molecular weight is 507 g/mol. The van der Waals surface area contributed by atoms with Crippen LogP contribution in [-0.2, 0) is 14.9 Å². The molecule has 0 radical (unpaired) electrons. The van der Waals surface area contributed by atoms with Crippen molar-refractivity contribution >= 4 is 45.1 Å². The van der Waals surface area contributed by atoms with Crippen molar-refractivity contribution in [1.29, 1.82) is 0 Å². The monoisotopic (exact) mass is 506 g/mol.